The van der Waals surface area contributed by atoms with Gasteiger partial charge in [-0.15, -0.1) is 0 Å². The molecule has 1 N–H and O–H groups in total. The second-order valence-electron chi connectivity index (χ2n) is 5.73. The number of carbonyl (C=O) groups is 1. The van der Waals surface area contributed by atoms with Crippen molar-refractivity contribution in [3.05, 3.63) is 46.3 Å². The molecule has 0 saturated heterocycles. The smallest absolute Gasteiger partial charge is 0.349 e. The van der Waals surface area contributed by atoms with Gasteiger partial charge in [0.05, 0.1) is 0 Å². The van der Waals surface area contributed by atoms with E-state index in [9.17, 15) is 9.59 Å². The van der Waals surface area contributed by atoms with Crippen molar-refractivity contribution in [1.82, 2.24) is 5.32 Å². The van der Waals surface area contributed by atoms with Gasteiger partial charge >= 0.3 is 5.63 Å². The predicted molar refractivity (Wildman–Crippen MR) is 74.3 cm³/mol. The summed E-state index contributed by atoms with van der Waals surface area (Å²) in [7, 11) is 0. The van der Waals surface area contributed by atoms with Crippen molar-refractivity contribution in [2.24, 2.45) is 5.41 Å². The molecule has 1 aromatic carbocycles. The second-order valence-corrected chi connectivity index (χ2v) is 5.73. The van der Waals surface area contributed by atoms with Crippen LogP contribution in [-0.2, 0) is 0 Å². The van der Waals surface area contributed by atoms with Gasteiger partial charge in [-0.2, -0.15) is 0 Å². The van der Waals surface area contributed by atoms with Gasteiger partial charge in [-0.3, -0.25) is 4.79 Å². The van der Waals surface area contributed by atoms with E-state index < -0.39 is 11.5 Å². The number of amides is 1. The van der Waals surface area contributed by atoms with E-state index in [1.807, 2.05) is 26.8 Å². The summed E-state index contributed by atoms with van der Waals surface area (Å²) in [6.07, 6.45) is 0. The number of carbonyl (C=O) groups excluding carboxylic acids is 1. The topological polar surface area (TPSA) is 59.3 Å². The SMILES string of the molecule is CC(C)(C)CNC(=O)c1cc2ccccc2oc1=O. The summed E-state index contributed by atoms with van der Waals surface area (Å²) in [4.78, 5) is 23.8. The zero-order chi connectivity index (χ0) is 14.0. The molecule has 4 heteroatoms. The fourth-order valence-electron chi connectivity index (χ4n) is 1.66. The van der Waals surface area contributed by atoms with Gasteiger partial charge in [-0.05, 0) is 17.5 Å². The monoisotopic (exact) mass is 259 g/mol. The molecule has 0 aliphatic carbocycles. The lowest BCUT2D eigenvalue weighted by Gasteiger charge is -2.18. The molecule has 2 rings (SSSR count). The summed E-state index contributed by atoms with van der Waals surface area (Å²) < 4.78 is 5.13. The highest BCUT2D eigenvalue weighted by Gasteiger charge is 2.16. The lowest BCUT2D eigenvalue weighted by molar-refractivity contribution is 0.0936. The number of nitrogens with one attached hydrogen (secondary N) is 1. The van der Waals surface area contributed by atoms with Crippen LogP contribution in [0.2, 0.25) is 0 Å². The Morgan fingerprint density at radius 1 is 1.26 bits per heavy atom. The molecular weight excluding hydrogens is 242 g/mol. The average Bonchev–Trinajstić information content (AvgIpc) is 2.34. The largest absolute Gasteiger partial charge is 0.422 e. The van der Waals surface area contributed by atoms with Crippen LogP contribution < -0.4 is 10.9 Å². The van der Waals surface area contributed by atoms with Gasteiger partial charge in [-0.1, -0.05) is 39.0 Å². The predicted octanol–water partition coefficient (Wildman–Crippen LogP) is 2.57. The molecule has 0 bridgehead atoms. The molecule has 1 aromatic heterocycles. The maximum Gasteiger partial charge on any atom is 0.349 e. The van der Waals surface area contributed by atoms with Crippen molar-refractivity contribution >= 4 is 16.9 Å². The van der Waals surface area contributed by atoms with E-state index >= 15 is 0 Å². The summed E-state index contributed by atoms with van der Waals surface area (Å²) in [5.74, 6) is -0.394. The summed E-state index contributed by atoms with van der Waals surface area (Å²) >= 11 is 0. The van der Waals surface area contributed by atoms with E-state index in [1.165, 1.54) is 0 Å². The van der Waals surface area contributed by atoms with Crippen LogP contribution in [0.3, 0.4) is 0 Å². The minimum Gasteiger partial charge on any atom is -0.422 e. The van der Waals surface area contributed by atoms with E-state index in [0.29, 0.717) is 12.1 Å². The Morgan fingerprint density at radius 2 is 1.95 bits per heavy atom. The molecule has 0 radical (unpaired) electrons. The first-order valence-electron chi connectivity index (χ1n) is 6.18. The lowest BCUT2D eigenvalue weighted by atomic mass is 9.97. The molecule has 0 unspecified atom stereocenters. The summed E-state index contributed by atoms with van der Waals surface area (Å²) in [6, 6.07) is 8.69. The third kappa shape index (κ3) is 3.22. The molecule has 2 aromatic rings. The highest BCUT2D eigenvalue weighted by Crippen LogP contribution is 2.13. The molecule has 1 heterocycles. The molecule has 0 aliphatic rings. The first-order chi connectivity index (χ1) is 8.87. The molecule has 4 nitrogen and oxygen atoms in total. The van der Waals surface area contributed by atoms with Crippen LogP contribution >= 0.6 is 0 Å². The number of rotatable bonds is 2. The normalized spacial score (nSPS) is 11.5. The summed E-state index contributed by atoms with van der Waals surface area (Å²) in [5.41, 5.74) is -0.111. The van der Waals surface area contributed by atoms with Crippen molar-refractivity contribution in [3.8, 4) is 0 Å². The fourth-order valence-corrected chi connectivity index (χ4v) is 1.66. The maximum atomic E-state index is 12.0. The number of para-hydroxylation sites is 1. The number of hydrogen-bond acceptors (Lipinski definition) is 3. The molecule has 0 atom stereocenters. The molecule has 0 fully saturated rings. The van der Waals surface area contributed by atoms with Crippen LogP contribution in [0.25, 0.3) is 11.0 Å². The van der Waals surface area contributed by atoms with E-state index in [-0.39, 0.29) is 11.0 Å². The van der Waals surface area contributed by atoms with Crippen LogP contribution in [0.15, 0.2) is 39.5 Å². The Labute approximate surface area is 111 Å². The second kappa shape index (κ2) is 4.88. The van der Waals surface area contributed by atoms with E-state index in [0.717, 1.165) is 5.39 Å². The van der Waals surface area contributed by atoms with Crippen molar-refractivity contribution in [2.45, 2.75) is 20.8 Å². The van der Waals surface area contributed by atoms with Gasteiger partial charge in [0.15, 0.2) is 0 Å². The van der Waals surface area contributed by atoms with Crippen LogP contribution in [0, 0.1) is 5.41 Å². The van der Waals surface area contributed by atoms with Crippen LogP contribution in [0.1, 0.15) is 31.1 Å². The zero-order valence-corrected chi connectivity index (χ0v) is 11.3. The highest BCUT2D eigenvalue weighted by molar-refractivity contribution is 5.96. The molecular formula is C15H17NO3. The van der Waals surface area contributed by atoms with Crippen molar-refractivity contribution in [1.29, 1.82) is 0 Å². The molecule has 19 heavy (non-hydrogen) atoms. The fraction of sp³-hybridized carbons (Fsp3) is 0.333. The van der Waals surface area contributed by atoms with Gasteiger partial charge in [0.25, 0.3) is 5.91 Å². The molecule has 0 spiro atoms. The van der Waals surface area contributed by atoms with Crippen molar-refractivity contribution in [3.63, 3.8) is 0 Å². The standard InChI is InChI=1S/C15H17NO3/c1-15(2,3)9-16-13(17)11-8-10-6-4-5-7-12(10)19-14(11)18/h4-8H,9H2,1-3H3,(H,16,17). The van der Waals surface area contributed by atoms with Gasteiger partial charge < -0.3 is 9.73 Å². The van der Waals surface area contributed by atoms with E-state index in [2.05, 4.69) is 5.32 Å². The Balaban J connectivity index is 2.32. The van der Waals surface area contributed by atoms with E-state index in [1.54, 1.807) is 24.3 Å². The molecule has 1 amide bonds. The minimum absolute atomic E-state index is 0.0350. The Morgan fingerprint density at radius 3 is 2.63 bits per heavy atom. The van der Waals surface area contributed by atoms with Crippen molar-refractivity contribution < 1.29 is 9.21 Å². The Bertz CT molecular complexity index is 665. The van der Waals surface area contributed by atoms with Crippen LogP contribution in [0.5, 0.6) is 0 Å². The quantitative estimate of drug-likeness (QED) is 0.843. The Hall–Kier alpha value is -2.10. The molecule has 0 saturated carbocycles. The average molecular weight is 259 g/mol. The van der Waals surface area contributed by atoms with Gasteiger partial charge in [0, 0.05) is 11.9 Å². The van der Waals surface area contributed by atoms with Gasteiger partial charge in [0.1, 0.15) is 11.1 Å². The highest BCUT2D eigenvalue weighted by atomic mass is 16.4. The van der Waals surface area contributed by atoms with Crippen LogP contribution in [-0.4, -0.2) is 12.5 Å². The molecule has 100 valence electrons. The summed E-state index contributed by atoms with van der Waals surface area (Å²) in [5, 5.41) is 3.48. The lowest BCUT2D eigenvalue weighted by Crippen LogP contribution is -2.34. The number of hydrogen-bond donors (Lipinski definition) is 1. The minimum atomic E-state index is -0.606. The first kappa shape index (κ1) is 13.3. The van der Waals surface area contributed by atoms with Gasteiger partial charge in [0.2, 0.25) is 0 Å². The van der Waals surface area contributed by atoms with Gasteiger partial charge in [-0.25, -0.2) is 4.79 Å². The Kier molecular flexibility index (Phi) is 3.42. The van der Waals surface area contributed by atoms with Crippen molar-refractivity contribution in [2.75, 3.05) is 6.54 Å². The van der Waals surface area contributed by atoms with E-state index in [4.69, 9.17) is 4.42 Å². The third-order valence-electron chi connectivity index (χ3n) is 2.67. The first-order valence-corrected chi connectivity index (χ1v) is 6.18. The maximum absolute atomic E-state index is 12.0. The number of benzene rings is 1. The third-order valence-corrected chi connectivity index (χ3v) is 2.67. The zero-order valence-electron chi connectivity index (χ0n) is 11.3. The molecule has 0 aliphatic heterocycles. The van der Waals surface area contributed by atoms with Crippen LogP contribution in [0.4, 0.5) is 0 Å². The summed E-state index contributed by atoms with van der Waals surface area (Å²) in [6.45, 7) is 6.53. The number of fused-ring (bicyclic) bond motifs is 1.